The Kier molecular flexibility index (Phi) is 8.14. The summed E-state index contributed by atoms with van der Waals surface area (Å²) in [6.45, 7) is 4.75. The highest BCUT2D eigenvalue weighted by molar-refractivity contribution is 6.03. The van der Waals surface area contributed by atoms with E-state index in [2.05, 4.69) is 13.8 Å². The smallest absolute Gasteiger partial charge is 0.339 e. The van der Waals surface area contributed by atoms with E-state index in [0.29, 0.717) is 12.5 Å². The summed E-state index contributed by atoms with van der Waals surface area (Å²) in [7, 11) is 0. The first-order valence-corrected chi connectivity index (χ1v) is 10.0. The van der Waals surface area contributed by atoms with E-state index >= 15 is 0 Å². The Hall–Kier alpha value is -1.84. The average molecular weight is 360 g/mol. The molecule has 0 bridgehead atoms. The Balaban J connectivity index is 2.01. The second-order valence-electron chi connectivity index (χ2n) is 7.79. The molecular formula is C22H32O4. The highest BCUT2D eigenvalue weighted by Crippen LogP contribution is 2.35. The van der Waals surface area contributed by atoms with Crippen molar-refractivity contribution in [3.05, 3.63) is 34.9 Å². The summed E-state index contributed by atoms with van der Waals surface area (Å²) in [5.74, 6) is -0.615. The highest BCUT2D eigenvalue weighted by Gasteiger charge is 2.26. The maximum Gasteiger partial charge on any atom is 0.339 e. The maximum absolute atomic E-state index is 12.5. The zero-order chi connectivity index (χ0) is 18.9. The SMILES string of the molecule is CC(C)CCCCCOC(=O)c1cccc(C2CCCCC2)c1C(=O)O. The molecule has 2 rings (SSSR count). The number of benzene rings is 1. The van der Waals surface area contributed by atoms with Crippen LogP contribution in [0.25, 0.3) is 0 Å². The van der Waals surface area contributed by atoms with Crippen LogP contribution in [0, 0.1) is 5.92 Å². The predicted molar refractivity (Wildman–Crippen MR) is 103 cm³/mol. The van der Waals surface area contributed by atoms with Gasteiger partial charge in [-0.3, -0.25) is 0 Å². The molecule has 0 atom stereocenters. The third-order valence-corrected chi connectivity index (χ3v) is 5.23. The lowest BCUT2D eigenvalue weighted by Gasteiger charge is -2.24. The Morgan fingerprint density at radius 3 is 2.50 bits per heavy atom. The predicted octanol–water partition coefficient (Wildman–Crippen LogP) is 5.81. The van der Waals surface area contributed by atoms with Crippen LogP contribution in [0.2, 0.25) is 0 Å². The Morgan fingerprint density at radius 1 is 1.12 bits per heavy atom. The molecule has 0 aliphatic heterocycles. The molecule has 1 aromatic rings. The van der Waals surface area contributed by atoms with Crippen LogP contribution in [0.4, 0.5) is 0 Å². The summed E-state index contributed by atoms with van der Waals surface area (Å²) in [6, 6.07) is 5.23. The molecule has 0 radical (unpaired) electrons. The summed E-state index contributed by atoms with van der Waals surface area (Å²) in [4.78, 5) is 24.3. The van der Waals surface area contributed by atoms with Gasteiger partial charge in [-0.05, 0) is 42.7 Å². The van der Waals surface area contributed by atoms with E-state index in [9.17, 15) is 14.7 Å². The maximum atomic E-state index is 12.5. The molecule has 1 aliphatic rings. The molecule has 1 aromatic carbocycles. The number of carbonyl (C=O) groups is 2. The summed E-state index contributed by atoms with van der Waals surface area (Å²) in [5, 5.41) is 9.71. The molecule has 1 fully saturated rings. The van der Waals surface area contributed by atoms with Gasteiger partial charge >= 0.3 is 11.9 Å². The first-order valence-electron chi connectivity index (χ1n) is 10.0. The van der Waals surface area contributed by atoms with E-state index in [4.69, 9.17) is 4.74 Å². The number of esters is 1. The van der Waals surface area contributed by atoms with Crippen LogP contribution in [-0.2, 0) is 4.74 Å². The van der Waals surface area contributed by atoms with E-state index in [1.807, 2.05) is 6.07 Å². The molecule has 0 unspecified atom stereocenters. The van der Waals surface area contributed by atoms with Gasteiger partial charge in [0.05, 0.1) is 17.7 Å². The lowest BCUT2D eigenvalue weighted by atomic mass is 9.81. The lowest BCUT2D eigenvalue weighted by Crippen LogP contribution is -2.17. The van der Waals surface area contributed by atoms with Crippen LogP contribution in [0.1, 0.15) is 104 Å². The van der Waals surface area contributed by atoms with E-state index in [1.165, 1.54) is 12.8 Å². The van der Waals surface area contributed by atoms with Gasteiger partial charge in [0.25, 0.3) is 0 Å². The van der Waals surface area contributed by atoms with E-state index in [0.717, 1.165) is 50.5 Å². The van der Waals surface area contributed by atoms with Crippen molar-refractivity contribution in [2.24, 2.45) is 5.92 Å². The van der Waals surface area contributed by atoms with Crippen molar-refractivity contribution < 1.29 is 19.4 Å². The molecule has 1 saturated carbocycles. The summed E-state index contributed by atoms with van der Waals surface area (Å²) in [6.07, 6.45) is 9.60. The standard InChI is InChI=1S/C22H32O4/c1-16(2)10-5-4-8-15-26-22(25)19-14-9-13-18(20(19)21(23)24)17-11-6-3-7-12-17/h9,13-14,16-17H,3-8,10-12,15H2,1-2H3,(H,23,24). The number of carbonyl (C=O) groups excluding carboxylic acids is 1. The largest absolute Gasteiger partial charge is 0.478 e. The summed E-state index contributed by atoms with van der Waals surface area (Å²) < 4.78 is 5.37. The first kappa shape index (κ1) is 20.5. The molecule has 144 valence electrons. The number of unbranched alkanes of at least 4 members (excludes halogenated alkanes) is 2. The van der Waals surface area contributed by atoms with Gasteiger partial charge in [-0.15, -0.1) is 0 Å². The van der Waals surface area contributed by atoms with Gasteiger partial charge in [-0.1, -0.05) is 64.5 Å². The topological polar surface area (TPSA) is 63.6 Å². The minimum absolute atomic E-state index is 0.143. The molecule has 4 heteroatoms. The van der Waals surface area contributed by atoms with Crippen molar-refractivity contribution in [3.8, 4) is 0 Å². The van der Waals surface area contributed by atoms with Gasteiger partial charge in [0, 0.05) is 0 Å². The number of rotatable bonds is 9. The highest BCUT2D eigenvalue weighted by atomic mass is 16.5. The molecule has 0 saturated heterocycles. The molecule has 0 amide bonds. The van der Waals surface area contributed by atoms with Crippen LogP contribution in [-0.4, -0.2) is 23.7 Å². The van der Waals surface area contributed by atoms with Crippen molar-refractivity contribution in [2.75, 3.05) is 6.61 Å². The van der Waals surface area contributed by atoms with Gasteiger partial charge in [0.15, 0.2) is 0 Å². The zero-order valence-electron chi connectivity index (χ0n) is 16.1. The normalized spacial score (nSPS) is 15.2. The molecule has 0 spiro atoms. The van der Waals surface area contributed by atoms with Crippen LogP contribution in [0.3, 0.4) is 0 Å². The van der Waals surface area contributed by atoms with Crippen molar-refractivity contribution in [1.82, 2.24) is 0 Å². The molecule has 1 aliphatic carbocycles. The first-order chi connectivity index (χ1) is 12.5. The quantitative estimate of drug-likeness (QED) is 0.446. The second kappa shape index (κ2) is 10.3. The minimum Gasteiger partial charge on any atom is -0.478 e. The molecule has 0 heterocycles. The second-order valence-corrected chi connectivity index (χ2v) is 7.79. The number of hydrogen-bond donors (Lipinski definition) is 1. The van der Waals surface area contributed by atoms with Gasteiger partial charge in [0.1, 0.15) is 0 Å². The van der Waals surface area contributed by atoms with Crippen LogP contribution in [0.15, 0.2) is 18.2 Å². The summed E-state index contributed by atoms with van der Waals surface area (Å²) >= 11 is 0. The fourth-order valence-corrected chi connectivity index (χ4v) is 3.81. The monoisotopic (exact) mass is 360 g/mol. The van der Waals surface area contributed by atoms with Crippen molar-refractivity contribution in [2.45, 2.75) is 77.6 Å². The third kappa shape index (κ3) is 5.86. The van der Waals surface area contributed by atoms with Crippen molar-refractivity contribution in [1.29, 1.82) is 0 Å². The van der Waals surface area contributed by atoms with Gasteiger partial charge in [0.2, 0.25) is 0 Å². The van der Waals surface area contributed by atoms with Crippen molar-refractivity contribution >= 4 is 11.9 Å². The van der Waals surface area contributed by atoms with Gasteiger partial charge in [-0.2, -0.15) is 0 Å². The van der Waals surface area contributed by atoms with Gasteiger partial charge < -0.3 is 9.84 Å². The Morgan fingerprint density at radius 2 is 1.85 bits per heavy atom. The van der Waals surface area contributed by atoms with Crippen molar-refractivity contribution in [3.63, 3.8) is 0 Å². The van der Waals surface area contributed by atoms with E-state index in [1.54, 1.807) is 12.1 Å². The Labute approximate surface area is 156 Å². The number of carboxylic acid groups (broad SMARTS) is 1. The van der Waals surface area contributed by atoms with Gasteiger partial charge in [-0.25, -0.2) is 9.59 Å². The molecule has 0 aromatic heterocycles. The Bertz CT molecular complexity index is 600. The minimum atomic E-state index is -1.03. The number of ether oxygens (including phenoxy) is 1. The van der Waals surface area contributed by atoms with Crippen LogP contribution in [0.5, 0.6) is 0 Å². The molecule has 4 nitrogen and oxygen atoms in total. The number of aromatic carboxylic acids is 1. The molecule has 26 heavy (non-hydrogen) atoms. The zero-order valence-corrected chi connectivity index (χ0v) is 16.1. The average Bonchev–Trinajstić information content (AvgIpc) is 2.64. The number of carboxylic acids is 1. The molecular weight excluding hydrogens is 328 g/mol. The van der Waals surface area contributed by atoms with E-state index in [-0.39, 0.29) is 17.0 Å². The van der Waals surface area contributed by atoms with E-state index < -0.39 is 11.9 Å². The lowest BCUT2D eigenvalue weighted by molar-refractivity contribution is 0.0486. The number of hydrogen-bond acceptors (Lipinski definition) is 3. The summed E-state index contributed by atoms with van der Waals surface area (Å²) in [5.41, 5.74) is 1.13. The molecule has 1 N–H and O–H groups in total. The third-order valence-electron chi connectivity index (χ3n) is 5.23. The van der Waals surface area contributed by atoms with Crippen LogP contribution < -0.4 is 0 Å². The van der Waals surface area contributed by atoms with Crippen LogP contribution >= 0.6 is 0 Å². The fraction of sp³-hybridized carbons (Fsp3) is 0.636. The fourth-order valence-electron chi connectivity index (χ4n) is 3.81.